The minimum Gasteiger partial charge on any atom is -0.276 e. The number of hydroxylamine groups is 2. The van der Waals surface area contributed by atoms with Crippen molar-refractivity contribution >= 4 is 22.4 Å². The first-order valence-electron chi connectivity index (χ1n) is 5.82. The highest BCUT2D eigenvalue weighted by Crippen LogP contribution is 2.54. The summed E-state index contributed by atoms with van der Waals surface area (Å²) in [6.45, 7) is 1.27. The van der Waals surface area contributed by atoms with E-state index < -0.39 is 57.2 Å². The molecule has 0 heterocycles. The molecule has 0 aromatic heterocycles. The first-order chi connectivity index (χ1) is 10.9. The van der Waals surface area contributed by atoms with Crippen molar-refractivity contribution in [1.82, 2.24) is 5.06 Å². The Morgan fingerprint density at radius 3 is 1.76 bits per heavy atom. The van der Waals surface area contributed by atoms with E-state index in [1.807, 2.05) is 0 Å². The molecule has 0 aliphatic rings. The molecule has 0 aromatic carbocycles. The minimum absolute atomic E-state index is 0.120. The predicted molar refractivity (Wildman–Crippen MR) is 58.7 cm³/mol. The summed E-state index contributed by atoms with van der Waals surface area (Å²) in [4.78, 5) is 21.5. The van der Waals surface area contributed by atoms with E-state index in [1.165, 1.54) is 6.92 Å². The van der Waals surface area contributed by atoms with Gasteiger partial charge in [0.05, 0.1) is 0 Å². The fourth-order valence-electron chi connectivity index (χ4n) is 1.11. The van der Waals surface area contributed by atoms with Crippen molar-refractivity contribution in [3.8, 4) is 0 Å². The lowest BCUT2D eigenvalue weighted by molar-refractivity contribution is -0.383. The van der Waals surface area contributed by atoms with Crippen molar-refractivity contribution in [1.29, 1.82) is 0 Å². The molecule has 16 heteroatoms. The first kappa shape index (κ1) is 23.4. The maximum absolute atomic E-state index is 13.3. The van der Waals surface area contributed by atoms with Gasteiger partial charge >= 0.3 is 33.4 Å². The van der Waals surface area contributed by atoms with E-state index in [2.05, 4.69) is 4.28 Å². The molecule has 0 fully saturated rings. The van der Waals surface area contributed by atoms with Crippen molar-refractivity contribution < 1.29 is 61.8 Å². The van der Waals surface area contributed by atoms with Gasteiger partial charge in [0.25, 0.3) is 5.91 Å². The average Bonchev–Trinajstić information content (AvgIpc) is 2.43. The van der Waals surface area contributed by atoms with Gasteiger partial charge in [0.15, 0.2) is 0 Å². The molecule has 148 valence electrons. The number of nitrogens with zero attached hydrogens (tertiary/aromatic N) is 1. The number of halogens is 9. The van der Waals surface area contributed by atoms with Gasteiger partial charge in [-0.25, -0.2) is 0 Å². The maximum atomic E-state index is 13.3. The molecule has 0 aromatic rings. The Bertz CT molecular complexity index is 615. The fraction of sp³-hybridized carbons (Fsp3) is 0.778. The van der Waals surface area contributed by atoms with Crippen molar-refractivity contribution in [3.05, 3.63) is 0 Å². The van der Waals surface area contributed by atoms with Gasteiger partial charge in [-0.05, 0) is 6.42 Å². The molecule has 6 nitrogen and oxygen atoms in total. The number of imide groups is 1. The van der Waals surface area contributed by atoms with Crippen LogP contribution in [0.15, 0.2) is 0 Å². The lowest BCUT2D eigenvalue weighted by atomic mass is 10.1. The van der Waals surface area contributed by atoms with Crippen molar-refractivity contribution in [3.63, 3.8) is 0 Å². The van der Waals surface area contributed by atoms with E-state index in [-0.39, 0.29) is 6.42 Å². The summed E-state index contributed by atoms with van der Waals surface area (Å²) in [7, 11) is -7.33. The number of carbonyl (C=O) groups is 2. The Hall–Kier alpha value is -1.58. The molecule has 0 spiro atoms. The Morgan fingerprint density at radius 2 is 1.44 bits per heavy atom. The van der Waals surface area contributed by atoms with Gasteiger partial charge in [-0.3, -0.25) is 9.59 Å². The summed E-state index contributed by atoms with van der Waals surface area (Å²) in [6.07, 6.45) is -8.98. The zero-order valence-corrected chi connectivity index (χ0v) is 12.6. The number of rotatable bonds is 8. The Morgan fingerprint density at radius 1 is 1.00 bits per heavy atom. The van der Waals surface area contributed by atoms with E-state index in [9.17, 15) is 57.5 Å². The highest BCUT2D eigenvalue weighted by atomic mass is 32.2. The molecule has 2 amide bonds. The van der Waals surface area contributed by atoms with Gasteiger partial charge in [0, 0.05) is 6.42 Å². The van der Waals surface area contributed by atoms with Gasteiger partial charge in [-0.15, -0.1) is 9.35 Å². The Balaban J connectivity index is 5.97. The van der Waals surface area contributed by atoms with Crippen LogP contribution in [0, 0.1) is 0 Å². The maximum Gasteiger partial charge on any atom is 0.460 e. The quantitative estimate of drug-likeness (QED) is 0.347. The zero-order valence-electron chi connectivity index (χ0n) is 11.8. The van der Waals surface area contributed by atoms with Crippen LogP contribution in [0.5, 0.6) is 0 Å². The van der Waals surface area contributed by atoms with Crippen molar-refractivity contribution in [2.75, 3.05) is 0 Å². The van der Waals surface area contributed by atoms with E-state index in [1.54, 1.807) is 0 Å². The normalized spacial score (nSPS) is 14.3. The lowest BCUT2D eigenvalue weighted by Crippen LogP contribution is -2.63. The summed E-state index contributed by atoms with van der Waals surface area (Å²) in [6, 6.07) is 0. The second-order valence-electron chi connectivity index (χ2n) is 4.27. The molecule has 0 atom stereocenters. The predicted octanol–water partition coefficient (Wildman–Crippen LogP) is 2.46. The molecular weight excluding hydrogens is 405 g/mol. The molecule has 0 aliphatic carbocycles. The highest BCUT2D eigenvalue weighted by Gasteiger charge is 2.86. The number of hydrogen-bond donors (Lipinski definition) is 0. The fourth-order valence-corrected chi connectivity index (χ4v) is 1.98. The van der Waals surface area contributed by atoms with E-state index >= 15 is 0 Å². The van der Waals surface area contributed by atoms with Gasteiger partial charge in [-0.1, -0.05) is 6.92 Å². The average molecular weight is 413 g/mol. The SMILES string of the molecule is CCCC(=O)N(C=O)OS(=O)(=O)C(F)(F)C(F)(F)C(F)(F)C(F)(F)F. The third kappa shape index (κ3) is 3.99. The van der Waals surface area contributed by atoms with Crippen LogP contribution >= 0.6 is 0 Å². The second-order valence-corrected chi connectivity index (χ2v) is 5.84. The van der Waals surface area contributed by atoms with Crippen LogP contribution in [0.3, 0.4) is 0 Å². The Kier molecular flexibility index (Phi) is 6.53. The van der Waals surface area contributed by atoms with Crippen LogP contribution < -0.4 is 0 Å². The van der Waals surface area contributed by atoms with Crippen LogP contribution in [0.25, 0.3) is 0 Å². The van der Waals surface area contributed by atoms with E-state index in [0.29, 0.717) is 0 Å². The standard InChI is InChI=1S/C9H8F9NO5S/c1-2-3-5(21)19(4-20)24-25(22,23)9(17,18)7(12,13)6(10,11)8(14,15)16/h4H,2-3H2,1H3. The largest absolute Gasteiger partial charge is 0.460 e. The van der Waals surface area contributed by atoms with Crippen molar-refractivity contribution in [2.24, 2.45) is 0 Å². The molecule has 0 unspecified atom stereocenters. The van der Waals surface area contributed by atoms with Crippen LogP contribution in [0.2, 0.25) is 0 Å². The molecule has 0 bridgehead atoms. The smallest absolute Gasteiger partial charge is 0.276 e. The third-order valence-electron chi connectivity index (χ3n) is 2.41. The van der Waals surface area contributed by atoms with Gasteiger partial charge < -0.3 is 0 Å². The molecule has 0 saturated heterocycles. The number of alkyl halides is 9. The highest BCUT2D eigenvalue weighted by molar-refractivity contribution is 7.87. The van der Waals surface area contributed by atoms with Crippen LogP contribution in [0.1, 0.15) is 19.8 Å². The lowest BCUT2D eigenvalue weighted by Gasteiger charge is -2.32. The summed E-state index contributed by atoms with van der Waals surface area (Å²) in [5.74, 6) is -16.7. The topological polar surface area (TPSA) is 80.8 Å². The van der Waals surface area contributed by atoms with Crippen LogP contribution in [-0.4, -0.2) is 49.1 Å². The van der Waals surface area contributed by atoms with Crippen LogP contribution in [-0.2, 0) is 24.0 Å². The Labute approximate surface area is 133 Å². The van der Waals surface area contributed by atoms with Gasteiger partial charge in [0.2, 0.25) is 6.41 Å². The van der Waals surface area contributed by atoms with Crippen LogP contribution in [0.4, 0.5) is 39.5 Å². The first-order valence-corrected chi connectivity index (χ1v) is 7.23. The summed E-state index contributed by atoms with van der Waals surface area (Å²) < 4.78 is 138. The van der Waals surface area contributed by atoms with Gasteiger partial charge in [0.1, 0.15) is 0 Å². The van der Waals surface area contributed by atoms with Gasteiger partial charge in [-0.2, -0.15) is 47.9 Å². The molecule has 0 rings (SSSR count). The summed E-state index contributed by atoms with van der Waals surface area (Å²) in [5.41, 5.74) is 0. The zero-order chi connectivity index (χ0) is 20.5. The molecule has 0 radical (unpaired) electrons. The number of hydrogen-bond acceptors (Lipinski definition) is 5. The summed E-state index contributed by atoms with van der Waals surface area (Å²) in [5, 5.41) is -8.21. The number of amides is 2. The molecule has 0 aliphatic heterocycles. The molecule has 0 N–H and O–H groups in total. The third-order valence-corrected chi connectivity index (χ3v) is 3.65. The molecule has 0 saturated carbocycles. The second kappa shape index (κ2) is 6.97. The summed E-state index contributed by atoms with van der Waals surface area (Å²) >= 11 is 0. The molecular formula is C9H8F9NO5S. The number of carbonyl (C=O) groups excluding carboxylic acids is 2. The van der Waals surface area contributed by atoms with E-state index in [0.717, 1.165) is 0 Å². The monoisotopic (exact) mass is 413 g/mol. The van der Waals surface area contributed by atoms with E-state index in [4.69, 9.17) is 0 Å². The minimum atomic E-state index is -7.53. The van der Waals surface area contributed by atoms with Crippen molar-refractivity contribution in [2.45, 2.75) is 43.0 Å². The molecule has 25 heavy (non-hydrogen) atoms.